The number of fused-ring (bicyclic) bond motifs is 1. The Morgan fingerprint density at radius 1 is 1.22 bits per heavy atom. The van der Waals surface area contributed by atoms with Crippen LogP contribution in [0.25, 0.3) is 10.9 Å². The normalized spacial score (nSPS) is 13.7. The molecule has 0 aliphatic carbocycles. The van der Waals surface area contributed by atoms with Gasteiger partial charge in [-0.2, -0.15) is 0 Å². The number of rotatable bonds is 7. The molecule has 2 rings (SSSR count). The first-order valence-electron chi connectivity index (χ1n) is 8.69. The van der Waals surface area contributed by atoms with Gasteiger partial charge in [0, 0.05) is 23.1 Å². The van der Waals surface area contributed by atoms with Gasteiger partial charge in [-0.25, -0.2) is 0 Å². The molecule has 0 amide bonds. The number of benzene rings is 1. The molecule has 0 spiro atoms. The summed E-state index contributed by atoms with van der Waals surface area (Å²) in [4.78, 5) is 5.74. The van der Waals surface area contributed by atoms with E-state index in [2.05, 4.69) is 76.1 Å². The Hall–Kier alpha value is -1.48. The van der Waals surface area contributed by atoms with E-state index >= 15 is 0 Å². The Morgan fingerprint density at radius 2 is 1.96 bits per heavy atom. The van der Waals surface area contributed by atoms with Crippen LogP contribution in [0, 0.1) is 5.41 Å². The zero-order valence-corrected chi connectivity index (χ0v) is 15.6. The number of hydrogen-bond donors (Lipinski definition) is 1. The van der Waals surface area contributed by atoms with Crippen LogP contribution in [0.5, 0.6) is 5.75 Å². The third kappa shape index (κ3) is 5.00. The quantitative estimate of drug-likeness (QED) is 0.789. The fraction of sp³-hybridized carbons (Fsp3) is 0.600. The van der Waals surface area contributed by atoms with Gasteiger partial charge in [0.1, 0.15) is 5.75 Å². The average molecular weight is 316 g/mol. The van der Waals surface area contributed by atoms with Crippen LogP contribution in [0.2, 0.25) is 0 Å². The molecule has 2 aromatic rings. The van der Waals surface area contributed by atoms with Crippen LogP contribution in [0.1, 0.15) is 46.1 Å². The van der Waals surface area contributed by atoms with Gasteiger partial charge in [0.05, 0.1) is 6.61 Å². The topological polar surface area (TPSA) is 28.3 Å². The molecule has 3 heteroatoms. The maximum atomic E-state index is 5.98. The number of nitrogens with zero attached hydrogens (tertiary/aromatic N) is 1. The van der Waals surface area contributed by atoms with Crippen LogP contribution in [0.15, 0.2) is 24.4 Å². The highest BCUT2D eigenvalue weighted by Gasteiger charge is 2.15. The smallest absolute Gasteiger partial charge is 0.120 e. The third-order valence-electron chi connectivity index (χ3n) is 4.22. The highest BCUT2D eigenvalue weighted by Crippen LogP contribution is 2.27. The second-order valence-electron chi connectivity index (χ2n) is 7.98. The molecule has 1 aromatic carbocycles. The van der Waals surface area contributed by atoms with Gasteiger partial charge in [-0.05, 0) is 56.1 Å². The van der Waals surface area contributed by atoms with Crippen LogP contribution in [0.4, 0.5) is 0 Å². The molecule has 0 fully saturated rings. The standard InChI is InChI=1S/C20H32N2O/c1-7-8-16(22(5)6)11-15-13-21-19-10-9-17(12-18(15)19)23-14-20(2,3)4/h9-10,12-13,16,21H,7-8,11,14H2,1-6H3. The van der Waals surface area contributed by atoms with Gasteiger partial charge in [0.25, 0.3) is 0 Å². The molecule has 0 radical (unpaired) electrons. The zero-order valence-electron chi connectivity index (χ0n) is 15.6. The SMILES string of the molecule is CCCC(Cc1c[nH]c2ccc(OCC(C)(C)C)cc12)N(C)C. The van der Waals surface area contributed by atoms with E-state index in [1.807, 2.05) is 0 Å². The minimum Gasteiger partial charge on any atom is -0.493 e. The fourth-order valence-electron chi connectivity index (χ4n) is 2.85. The third-order valence-corrected chi connectivity index (χ3v) is 4.22. The Bertz CT molecular complexity index is 622. The number of aromatic amines is 1. The van der Waals surface area contributed by atoms with Crippen molar-refractivity contribution in [3.05, 3.63) is 30.0 Å². The predicted molar refractivity (Wildman–Crippen MR) is 99.3 cm³/mol. The van der Waals surface area contributed by atoms with Crippen molar-refractivity contribution in [1.29, 1.82) is 0 Å². The highest BCUT2D eigenvalue weighted by molar-refractivity contribution is 5.84. The van der Waals surface area contributed by atoms with Crippen molar-refractivity contribution >= 4 is 10.9 Å². The summed E-state index contributed by atoms with van der Waals surface area (Å²) < 4.78 is 5.98. The van der Waals surface area contributed by atoms with E-state index in [9.17, 15) is 0 Å². The Morgan fingerprint density at radius 3 is 2.57 bits per heavy atom. The van der Waals surface area contributed by atoms with Gasteiger partial charge in [-0.3, -0.25) is 0 Å². The molecule has 1 aromatic heterocycles. The van der Waals surface area contributed by atoms with E-state index in [-0.39, 0.29) is 5.41 Å². The Kier molecular flexibility index (Phi) is 5.74. The number of likely N-dealkylation sites (N-methyl/N-ethyl adjacent to an activating group) is 1. The summed E-state index contributed by atoms with van der Waals surface area (Å²) in [6.07, 6.45) is 5.67. The fourth-order valence-corrected chi connectivity index (χ4v) is 2.85. The summed E-state index contributed by atoms with van der Waals surface area (Å²) in [7, 11) is 4.35. The molecule has 23 heavy (non-hydrogen) atoms. The van der Waals surface area contributed by atoms with Crippen LogP contribution < -0.4 is 4.74 Å². The van der Waals surface area contributed by atoms with Gasteiger partial charge in [-0.1, -0.05) is 34.1 Å². The number of aromatic nitrogens is 1. The van der Waals surface area contributed by atoms with Gasteiger partial charge in [0.2, 0.25) is 0 Å². The van der Waals surface area contributed by atoms with E-state index in [1.54, 1.807) is 0 Å². The van der Waals surface area contributed by atoms with Crippen LogP contribution in [-0.2, 0) is 6.42 Å². The van der Waals surface area contributed by atoms with Gasteiger partial charge in [-0.15, -0.1) is 0 Å². The molecule has 0 saturated heterocycles. The Labute approximate surface area is 141 Å². The summed E-state index contributed by atoms with van der Waals surface area (Å²) >= 11 is 0. The molecule has 0 bridgehead atoms. The average Bonchev–Trinajstić information content (AvgIpc) is 2.86. The van der Waals surface area contributed by atoms with Crippen LogP contribution in [0.3, 0.4) is 0 Å². The molecule has 1 N–H and O–H groups in total. The molecule has 3 nitrogen and oxygen atoms in total. The van der Waals surface area contributed by atoms with Crippen molar-refractivity contribution in [2.45, 2.75) is 53.0 Å². The van der Waals surface area contributed by atoms with E-state index in [0.29, 0.717) is 6.04 Å². The lowest BCUT2D eigenvalue weighted by atomic mass is 9.98. The molecule has 0 aliphatic rings. The van der Waals surface area contributed by atoms with E-state index < -0.39 is 0 Å². The minimum atomic E-state index is 0.174. The minimum absolute atomic E-state index is 0.174. The number of hydrogen-bond acceptors (Lipinski definition) is 2. The molecular weight excluding hydrogens is 284 g/mol. The molecular formula is C20H32N2O. The maximum Gasteiger partial charge on any atom is 0.120 e. The summed E-state index contributed by atoms with van der Waals surface area (Å²) in [6.45, 7) is 9.57. The number of nitrogens with one attached hydrogen (secondary N) is 1. The molecule has 128 valence electrons. The largest absolute Gasteiger partial charge is 0.493 e. The van der Waals surface area contributed by atoms with Crippen LogP contribution in [-0.4, -0.2) is 36.6 Å². The molecule has 1 atom stereocenters. The maximum absolute atomic E-state index is 5.98. The van der Waals surface area contributed by atoms with Crippen molar-refractivity contribution in [3.63, 3.8) is 0 Å². The van der Waals surface area contributed by atoms with Crippen molar-refractivity contribution in [3.8, 4) is 5.75 Å². The zero-order chi connectivity index (χ0) is 17.0. The lowest BCUT2D eigenvalue weighted by Gasteiger charge is -2.23. The van der Waals surface area contributed by atoms with Crippen molar-refractivity contribution < 1.29 is 4.74 Å². The van der Waals surface area contributed by atoms with E-state index in [4.69, 9.17) is 4.74 Å². The molecule has 1 heterocycles. The highest BCUT2D eigenvalue weighted by atomic mass is 16.5. The lowest BCUT2D eigenvalue weighted by molar-refractivity contribution is 0.198. The molecule has 0 saturated carbocycles. The second-order valence-corrected chi connectivity index (χ2v) is 7.98. The predicted octanol–water partition coefficient (Wildman–Crippen LogP) is 4.87. The second kappa shape index (κ2) is 7.39. The first-order chi connectivity index (χ1) is 10.8. The van der Waals surface area contributed by atoms with Crippen molar-refractivity contribution in [2.24, 2.45) is 5.41 Å². The summed E-state index contributed by atoms with van der Waals surface area (Å²) in [5, 5.41) is 1.29. The van der Waals surface area contributed by atoms with Crippen molar-refractivity contribution in [2.75, 3.05) is 20.7 Å². The van der Waals surface area contributed by atoms with Gasteiger partial charge < -0.3 is 14.6 Å². The number of H-pyrrole nitrogens is 1. The first-order valence-corrected chi connectivity index (χ1v) is 8.69. The number of ether oxygens (including phenoxy) is 1. The van der Waals surface area contributed by atoms with Crippen LogP contribution >= 0.6 is 0 Å². The summed E-state index contributed by atoms with van der Waals surface area (Å²) in [5.41, 5.74) is 2.75. The molecule has 1 unspecified atom stereocenters. The van der Waals surface area contributed by atoms with E-state index in [0.717, 1.165) is 18.8 Å². The first kappa shape index (κ1) is 17.9. The Balaban J connectivity index is 2.20. The van der Waals surface area contributed by atoms with Gasteiger partial charge in [0.15, 0.2) is 0 Å². The van der Waals surface area contributed by atoms with Gasteiger partial charge >= 0.3 is 0 Å². The lowest BCUT2D eigenvalue weighted by Crippen LogP contribution is -2.29. The van der Waals surface area contributed by atoms with Crippen molar-refractivity contribution in [1.82, 2.24) is 9.88 Å². The molecule has 0 aliphatic heterocycles. The summed E-state index contributed by atoms with van der Waals surface area (Å²) in [5.74, 6) is 0.963. The monoisotopic (exact) mass is 316 g/mol. The van der Waals surface area contributed by atoms with E-state index in [1.165, 1.54) is 29.3 Å². The summed E-state index contributed by atoms with van der Waals surface area (Å²) in [6, 6.07) is 6.95.